The zero-order chi connectivity index (χ0) is 26.3. The molecule has 1 aromatic rings. The number of nitrogens with zero attached hydrogens (tertiary/aromatic N) is 1. The highest BCUT2D eigenvalue weighted by atomic mass is 32.1. The topological polar surface area (TPSA) is 120 Å². The van der Waals surface area contributed by atoms with Gasteiger partial charge >= 0.3 is 0 Å². The van der Waals surface area contributed by atoms with Gasteiger partial charge in [-0.2, -0.15) is 0 Å². The molecule has 1 aromatic heterocycles. The smallest absolute Gasteiger partial charge is 0.223 e. The van der Waals surface area contributed by atoms with Crippen LogP contribution in [0.5, 0.6) is 0 Å². The Hall–Kier alpha value is -1.87. The number of thiazole rings is 1. The summed E-state index contributed by atoms with van der Waals surface area (Å²) in [6, 6.07) is -0.343. The molecule has 4 N–H and O–H groups in total. The lowest BCUT2D eigenvalue weighted by Gasteiger charge is -2.34. The quantitative estimate of drug-likeness (QED) is 0.463. The predicted molar refractivity (Wildman–Crippen MR) is 140 cm³/mol. The van der Waals surface area contributed by atoms with Crippen LogP contribution in [0.25, 0.3) is 6.08 Å². The zero-order valence-electron chi connectivity index (χ0n) is 21.9. The van der Waals surface area contributed by atoms with Gasteiger partial charge in [0, 0.05) is 11.3 Å². The Bertz CT molecular complexity index is 936. The number of nitrogens with one attached hydrogen (secondary N) is 1. The minimum Gasteiger partial charge on any atom is -0.392 e. The van der Waals surface area contributed by atoms with E-state index in [-0.39, 0.29) is 36.7 Å². The Morgan fingerprint density at radius 1 is 1.29 bits per heavy atom. The normalized spacial score (nSPS) is 31.5. The third-order valence-corrected chi connectivity index (χ3v) is 8.05. The summed E-state index contributed by atoms with van der Waals surface area (Å²) in [5.74, 6) is -1.40. The van der Waals surface area contributed by atoms with Crippen LogP contribution in [0.15, 0.2) is 22.6 Å². The molecule has 2 heterocycles. The third kappa shape index (κ3) is 8.07. The molecule has 0 saturated carbocycles. The maximum absolute atomic E-state index is 13.2. The van der Waals surface area contributed by atoms with Crippen LogP contribution in [0, 0.1) is 24.2 Å². The second-order valence-corrected chi connectivity index (χ2v) is 11.6. The molecule has 0 saturated heterocycles. The third-order valence-electron chi connectivity index (χ3n) is 7.26. The van der Waals surface area contributed by atoms with E-state index in [4.69, 9.17) is 0 Å². The molecule has 5 atom stereocenters. The largest absolute Gasteiger partial charge is 0.392 e. The molecule has 35 heavy (non-hydrogen) atoms. The summed E-state index contributed by atoms with van der Waals surface area (Å²) < 4.78 is 0. The molecule has 2 unspecified atom stereocenters. The lowest BCUT2D eigenvalue weighted by molar-refractivity contribution is -0.143. The molecular formula is C27H42N2O5S. The molecular weight excluding hydrogens is 464 g/mol. The Morgan fingerprint density at radius 2 is 1.97 bits per heavy atom. The summed E-state index contributed by atoms with van der Waals surface area (Å²) in [5.41, 5.74) is 1.43. The van der Waals surface area contributed by atoms with Crippen molar-refractivity contribution in [1.29, 1.82) is 0 Å². The summed E-state index contributed by atoms with van der Waals surface area (Å²) >= 11 is 1.55. The van der Waals surface area contributed by atoms with Crippen molar-refractivity contribution in [3.8, 4) is 0 Å². The van der Waals surface area contributed by atoms with E-state index in [0.717, 1.165) is 28.3 Å². The molecule has 0 fully saturated rings. The van der Waals surface area contributed by atoms with Gasteiger partial charge in [-0.3, -0.25) is 9.59 Å². The van der Waals surface area contributed by atoms with Gasteiger partial charge in [-0.1, -0.05) is 33.8 Å². The van der Waals surface area contributed by atoms with Crippen molar-refractivity contribution < 1.29 is 24.9 Å². The molecule has 2 rings (SSSR count). The maximum atomic E-state index is 13.2. The van der Waals surface area contributed by atoms with Crippen LogP contribution >= 0.6 is 11.3 Å². The van der Waals surface area contributed by atoms with Gasteiger partial charge in [0.05, 0.1) is 47.4 Å². The number of ketones is 1. The highest BCUT2D eigenvalue weighted by molar-refractivity contribution is 7.09. The van der Waals surface area contributed by atoms with Crippen molar-refractivity contribution in [3.05, 3.63) is 33.3 Å². The molecule has 1 amide bonds. The summed E-state index contributed by atoms with van der Waals surface area (Å²) in [6.45, 7) is 10.7. The number of aryl methyl sites for hydroxylation is 1. The van der Waals surface area contributed by atoms with Crippen LogP contribution in [-0.4, -0.2) is 56.9 Å². The molecule has 0 radical (unpaired) electrons. The Kier molecular flexibility index (Phi) is 10.8. The molecule has 0 aliphatic carbocycles. The number of aromatic nitrogens is 1. The fourth-order valence-electron chi connectivity index (χ4n) is 4.57. The lowest BCUT2D eigenvalue weighted by atomic mass is 9.73. The average molecular weight is 507 g/mol. The maximum Gasteiger partial charge on any atom is 0.223 e. The van der Waals surface area contributed by atoms with Crippen molar-refractivity contribution in [2.24, 2.45) is 17.3 Å². The first kappa shape index (κ1) is 29.4. The van der Waals surface area contributed by atoms with Gasteiger partial charge in [0.15, 0.2) is 0 Å². The van der Waals surface area contributed by atoms with E-state index in [9.17, 15) is 24.9 Å². The van der Waals surface area contributed by atoms with Gasteiger partial charge in [0.2, 0.25) is 5.91 Å². The second-order valence-electron chi connectivity index (χ2n) is 10.5. The van der Waals surface area contributed by atoms with E-state index in [1.807, 2.05) is 38.3 Å². The molecule has 196 valence electrons. The Balaban J connectivity index is 2.37. The number of Topliss-reactive ketones (excluding diaryl/α,β-unsaturated/α-hetero) is 1. The number of carbonyl (C=O) groups excluding carboxylic acids is 2. The first-order valence-corrected chi connectivity index (χ1v) is 13.3. The highest BCUT2D eigenvalue weighted by Gasteiger charge is 2.42. The van der Waals surface area contributed by atoms with E-state index in [1.165, 1.54) is 0 Å². The summed E-state index contributed by atoms with van der Waals surface area (Å²) in [7, 11) is 0. The molecule has 0 bridgehead atoms. The van der Waals surface area contributed by atoms with Crippen LogP contribution < -0.4 is 5.32 Å². The minimum atomic E-state index is -1.19. The van der Waals surface area contributed by atoms with Crippen LogP contribution in [0.3, 0.4) is 0 Å². The first-order valence-electron chi connectivity index (χ1n) is 12.5. The number of hydrogen-bond acceptors (Lipinski definition) is 7. The molecule has 0 spiro atoms. The van der Waals surface area contributed by atoms with Gasteiger partial charge < -0.3 is 20.6 Å². The van der Waals surface area contributed by atoms with Crippen molar-refractivity contribution in [3.63, 3.8) is 0 Å². The van der Waals surface area contributed by atoms with Crippen molar-refractivity contribution in [2.45, 2.75) is 91.9 Å². The standard InChI is InChI=1S/C27H42N2O5S/c1-16-8-7-9-20(14-30)10-11-22(17(2)12-21-15-35-19(4)28-21)29-24(32)13-23(31)27(5,6)26(34)18(3)25(16)33/h10,12,15-16,18,22-23,25,30-31,33H,7-9,11,13-14H2,1-6H3,(H,29,32)/b17-12+,20-10+/t16?,18-,22+,23?,25+/m1/s1. The molecule has 8 heteroatoms. The lowest BCUT2D eigenvalue weighted by Crippen LogP contribution is -2.47. The minimum absolute atomic E-state index is 0.0760. The fourth-order valence-corrected chi connectivity index (χ4v) is 5.14. The molecule has 0 aromatic carbocycles. The van der Waals surface area contributed by atoms with Crippen LogP contribution in [0.1, 0.15) is 77.4 Å². The Labute approximate surface area is 213 Å². The summed E-state index contributed by atoms with van der Waals surface area (Å²) in [5, 5.41) is 37.4. The number of carbonyl (C=O) groups is 2. The molecule has 1 aliphatic rings. The van der Waals surface area contributed by atoms with Gasteiger partial charge in [-0.15, -0.1) is 11.3 Å². The van der Waals surface area contributed by atoms with Gasteiger partial charge in [-0.25, -0.2) is 4.98 Å². The fraction of sp³-hybridized carbons (Fsp3) is 0.667. The van der Waals surface area contributed by atoms with Crippen LogP contribution in [0.4, 0.5) is 0 Å². The van der Waals surface area contributed by atoms with E-state index < -0.39 is 23.5 Å². The molecule has 7 nitrogen and oxygen atoms in total. The summed E-state index contributed by atoms with van der Waals surface area (Å²) in [6.07, 6.45) is 4.28. The number of aliphatic hydroxyl groups is 3. The van der Waals surface area contributed by atoms with E-state index in [2.05, 4.69) is 10.3 Å². The SMILES string of the molecule is C/C(=C\c1csc(C)n1)[C@@H]1C/C=C(/CO)CCCC(C)[C@H](O)[C@@H](C)C(=O)C(C)(C)C(O)CC(=O)N1. The van der Waals surface area contributed by atoms with Gasteiger partial charge in [-0.05, 0) is 62.7 Å². The zero-order valence-corrected chi connectivity index (χ0v) is 22.7. The monoisotopic (exact) mass is 506 g/mol. The van der Waals surface area contributed by atoms with Crippen LogP contribution in [-0.2, 0) is 9.59 Å². The number of hydrogen-bond donors (Lipinski definition) is 4. The van der Waals surface area contributed by atoms with E-state index >= 15 is 0 Å². The van der Waals surface area contributed by atoms with Gasteiger partial charge in [0.1, 0.15) is 5.78 Å². The van der Waals surface area contributed by atoms with Gasteiger partial charge in [0.25, 0.3) is 0 Å². The van der Waals surface area contributed by atoms with E-state index in [1.54, 1.807) is 32.1 Å². The number of amides is 1. The van der Waals surface area contributed by atoms with Crippen molar-refractivity contribution in [1.82, 2.24) is 10.3 Å². The molecule has 1 aliphatic heterocycles. The predicted octanol–water partition coefficient (Wildman–Crippen LogP) is 3.81. The second kappa shape index (κ2) is 12.9. The van der Waals surface area contributed by atoms with Crippen molar-refractivity contribution >= 4 is 29.1 Å². The number of rotatable bonds is 3. The summed E-state index contributed by atoms with van der Waals surface area (Å²) in [4.78, 5) is 30.6. The average Bonchev–Trinajstić information content (AvgIpc) is 3.21. The first-order chi connectivity index (χ1) is 16.4. The number of aliphatic hydroxyl groups excluding tert-OH is 3. The van der Waals surface area contributed by atoms with Crippen LogP contribution in [0.2, 0.25) is 0 Å². The van der Waals surface area contributed by atoms with Crippen molar-refractivity contribution in [2.75, 3.05) is 6.61 Å². The van der Waals surface area contributed by atoms with E-state index in [0.29, 0.717) is 19.3 Å². The highest BCUT2D eigenvalue weighted by Crippen LogP contribution is 2.32. The Morgan fingerprint density at radius 3 is 2.57 bits per heavy atom.